The normalized spacial score (nSPS) is 25.4. The Balaban J connectivity index is 2.05. The van der Waals surface area contributed by atoms with Gasteiger partial charge in [-0.15, -0.1) is 0 Å². The first-order valence-electron chi connectivity index (χ1n) is 6.19. The molecule has 0 bridgehead atoms. The molecule has 2 heteroatoms. The van der Waals surface area contributed by atoms with Crippen molar-refractivity contribution < 1.29 is 4.39 Å². The minimum atomic E-state index is -0.123. The summed E-state index contributed by atoms with van der Waals surface area (Å²) in [5.41, 5.74) is 1.77. The number of aryl methyl sites for hydroxylation is 1. The lowest BCUT2D eigenvalue weighted by Gasteiger charge is -2.30. The molecular formula is C14H20FN. The number of halogens is 1. The van der Waals surface area contributed by atoms with Gasteiger partial charge in [0.1, 0.15) is 5.82 Å². The topological polar surface area (TPSA) is 12.0 Å². The van der Waals surface area contributed by atoms with Crippen LogP contribution in [0, 0.1) is 18.7 Å². The van der Waals surface area contributed by atoms with Gasteiger partial charge in [0.25, 0.3) is 0 Å². The number of rotatable bonds is 2. The van der Waals surface area contributed by atoms with E-state index in [4.69, 9.17) is 0 Å². The monoisotopic (exact) mass is 221 g/mol. The van der Waals surface area contributed by atoms with Crippen LogP contribution in [0.4, 0.5) is 10.1 Å². The molecule has 2 rings (SSSR count). The fourth-order valence-electron chi connectivity index (χ4n) is 2.48. The van der Waals surface area contributed by atoms with Crippen LogP contribution in [0.2, 0.25) is 0 Å². The van der Waals surface area contributed by atoms with Gasteiger partial charge in [0.2, 0.25) is 0 Å². The lowest BCUT2D eigenvalue weighted by Crippen LogP contribution is -2.30. The molecule has 1 aromatic carbocycles. The average Bonchev–Trinajstić information content (AvgIpc) is 2.27. The largest absolute Gasteiger partial charge is 0.382 e. The van der Waals surface area contributed by atoms with Crippen molar-refractivity contribution in [3.8, 4) is 0 Å². The van der Waals surface area contributed by atoms with Crippen LogP contribution < -0.4 is 5.32 Å². The summed E-state index contributed by atoms with van der Waals surface area (Å²) in [6.07, 6.45) is 5.19. The Morgan fingerprint density at radius 3 is 2.69 bits per heavy atom. The SMILES string of the molecule is Cc1cc(NC2CCCCC2C)ccc1F. The molecule has 1 fully saturated rings. The second-order valence-electron chi connectivity index (χ2n) is 4.98. The third-order valence-electron chi connectivity index (χ3n) is 3.62. The summed E-state index contributed by atoms with van der Waals surface area (Å²) in [4.78, 5) is 0. The minimum absolute atomic E-state index is 0.123. The van der Waals surface area contributed by atoms with E-state index in [1.807, 2.05) is 19.1 Å². The lowest BCUT2D eigenvalue weighted by atomic mass is 9.86. The number of hydrogen-bond acceptors (Lipinski definition) is 1. The highest BCUT2D eigenvalue weighted by atomic mass is 19.1. The molecule has 1 aliphatic carbocycles. The van der Waals surface area contributed by atoms with Gasteiger partial charge in [-0.2, -0.15) is 0 Å². The highest BCUT2D eigenvalue weighted by Crippen LogP contribution is 2.27. The minimum Gasteiger partial charge on any atom is -0.382 e. The fourth-order valence-corrected chi connectivity index (χ4v) is 2.48. The molecule has 16 heavy (non-hydrogen) atoms. The molecule has 0 amide bonds. The molecule has 0 heterocycles. The fraction of sp³-hybridized carbons (Fsp3) is 0.571. The molecule has 0 aliphatic heterocycles. The van der Waals surface area contributed by atoms with E-state index in [9.17, 15) is 4.39 Å². The van der Waals surface area contributed by atoms with Gasteiger partial charge in [-0.3, -0.25) is 0 Å². The maximum atomic E-state index is 13.1. The molecule has 1 aliphatic rings. The molecule has 88 valence electrons. The van der Waals surface area contributed by atoms with Crippen molar-refractivity contribution in [2.75, 3.05) is 5.32 Å². The average molecular weight is 221 g/mol. The molecule has 1 saturated carbocycles. The maximum Gasteiger partial charge on any atom is 0.126 e. The number of hydrogen-bond donors (Lipinski definition) is 1. The first kappa shape index (κ1) is 11.4. The van der Waals surface area contributed by atoms with Gasteiger partial charge in [0.05, 0.1) is 0 Å². The first-order valence-corrected chi connectivity index (χ1v) is 6.19. The van der Waals surface area contributed by atoms with Gasteiger partial charge in [-0.25, -0.2) is 4.39 Å². The van der Waals surface area contributed by atoms with Gasteiger partial charge >= 0.3 is 0 Å². The second-order valence-corrected chi connectivity index (χ2v) is 4.98. The molecule has 0 saturated heterocycles. The molecule has 0 radical (unpaired) electrons. The van der Waals surface area contributed by atoms with Crippen molar-refractivity contribution in [1.82, 2.24) is 0 Å². The zero-order valence-corrected chi connectivity index (χ0v) is 10.1. The molecule has 1 aromatic rings. The van der Waals surface area contributed by atoms with Crippen LogP contribution in [0.1, 0.15) is 38.2 Å². The van der Waals surface area contributed by atoms with Crippen LogP contribution in [-0.4, -0.2) is 6.04 Å². The number of nitrogens with one attached hydrogen (secondary N) is 1. The van der Waals surface area contributed by atoms with Gasteiger partial charge in [0, 0.05) is 11.7 Å². The Bertz CT molecular complexity index is 362. The highest BCUT2D eigenvalue weighted by Gasteiger charge is 2.20. The first-order chi connectivity index (χ1) is 7.66. The van der Waals surface area contributed by atoms with Crippen molar-refractivity contribution in [3.05, 3.63) is 29.6 Å². The van der Waals surface area contributed by atoms with Crippen molar-refractivity contribution in [2.45, 2.75) is 45.6 Å². The van der Waals surface area contributed by atoms with Gasteiger partial charge in [-0.1, -0.05) is 19.8 Å². The van der Waals surface area contributed by atoms with E-state index in [0.717, 1.165) is 11.6 Å². The molecule has 1 nitrogen and oxygen atoms in total. The van der Waals surface area contributed by atoms with Crippen LogP contribution >= 0.6 is 0 Å². The van der Waals surface area contributed by atoms with Crippen LogP contribution in [-0.2, 0) is 0 Å². The van der Waals surface area contributed by atoms with E-state index in [1.54, 1.807) is 6.07 Å². The number of anilines is 1. The summed E-state index contributed by atoms with van der Waals surface area (Å²) in [7, 11) is 0. The highest BCUT2D eigenvalue weighted by molar-refractivity contribution is 5.46. The van der Waals surface area contributed by atoms with Crippen molar-refractivity contribution >= 4 is 5.69 Å². The maximum absolute atomic E-state index is 13.1. The molecule has 1 N–H and O–H groups in total. The Morgan fingerprint density at radius 1 is 1.25 bits per heavy atom. The molecule has 0 spiro atoms. The smallest absolute Gasteiger partial charge is 0.126 e. The predicted octanol–water partition coefficient (Wildman–Crippen LogP) is 4.12. The zero-order valence-electron chi connectivity index (χ0n) is 10.1. The Labute approximate surface area is 97.1 Å². The standard InChI is InChI=1S/C14H20FN/c1-10-5-3-4-6-14(10)16-12-7-8-13(15)11(2)9-12/h7-10,14,16H,3-6H2,1-2H3. The summed E-state index contributed by atoms with van der Waals surface area (Å²) in [6.45, 7) is 4.11. The van der Waals surface area contributed by atoms with Gasteiger partial charge in [0.15, 0.2) is 0 Å². The second kappa shape index (κ2) is 4.86. The van der Waals surface area contributed by atoms with Crippen molar-refractivity contribution in [2.24, 2.45) is 5.92 Å². The van der Waals surface area contributed by atoms with E-state index in [-0.39, 0.29) is 5.82 Å². The molecule has 2 unspecified atom stereocenters. The van der Waals surface area contributed by atoms with E-state index in [2.05, 4.69) is 12.2 Å². The summed E-state index contributed by atoms with van der Waals surface area (Å²) >= 11 is 0. The van der Waals surface area contributed by atoms with E-state index in [1.165, 1.54) is 25.7 Å². The van der Waals surface area contributed by atoms with Crippen LogP contribution in [0.5, 0.6) is 0 Å². The predicted molar refractivity (Wildman–Crippen MR) is 66.2 cm³/mol. The van der Waals surface area contributed by atoms with Crippen LogP contribution in [0.25, 0.3) is 0 Å². The Morgan fingerprint density at radius 2 is 2.00 bits per heavy atom. The van der Waals surface area contributed by atoms with Crippen molar-refractivity contribution in [3.63, 3.8) is 0 Å². The zero-order chi connectivity index (χ0) is 11.5. The molecule has 2 atom stereocenters. The van der Waals surface area contributed by atoms with E-state index < -0.39 is 0 Å². The lowest BCUT2D eigenvalue weighted by molar-refractivity contribution is 0.349. The van der Waals surface area contributed by atoms with Crippen LogP contribution in [0.15, 0.2) is 18.2 Å². The molecule has 0 aromatic heterocycles. The summed E-state index contributed by atoms with van der Waals surface area (Å²) in [5, 5.41) is 3.53. The summed E-state index contributed by atoms with van der Waals surface area (Å²) in [5.74, 6) is 0.598. The van der Waals surface area contributed by atoms with E-state index >= 15 is 0 Å². The van der Waals surface area contributed by atoms with Gasteiger partial charge in [-0.05, 0) is 49.4 Å². The Hall–Kier alpha value is -1.05. The summed E-state index contributed by atoms with van der Waals surface area (Å²) in [6, 6.07) is 5.84. The quantitative estimate of drug-likeness (QED) is 0.792. The molecular weight excluding hydrogens is 201 g/mol. The van der Waals surface area contributed by atoms with Gasteiger partial charge < -0.3 is 5.32 Å². The third-order valence-corrected chi connectivity index (χ3v) is 3.62. The third kappa shape index (κ3) is 2.55. The number of benzene rings is 1. The van der Waals surface area contributed by atoms with E-state index in [0.29, 0.717) is 11.6 Å². The van der Waals surface area contributed by atoms with Crippen LogP contribution in [0.3, 0.4) is 0 Å². The summed E-state index contributed by atoms with van der Waals surface area (Å²) < 4.78 is 13.1. The van der Waals surface area contributed by atoms with Crippen molar-refractivity contribution in [1.29, 1.82) is 0 Å². The Kier molecular flexibility index (Phi) is 3.47.